The van der Waals surface area contributed by atoms with Crippen molar-refractivity contribution < 1.29 is 0 Å². The third-order valence-electron chi connectivity index (χ3n) is 3.58. The van der Waals surface area contributed by atoms with Crippen molar-refractivity contribution in [2.75, 3.05) is 11.4 Å². The lowest BCUT2D eigenvalue weighted by Gasteiger charge is -2.30. The van der Waals surface area contributed by atoms with E-state index < -0.39 is 0 Å². The maximum atomic E-state index is 5.90. The molecule has 0 bridgehead atoms. The van der Waals surface area contributed by atoms with E-state index in [4.69, 9.17) is 11.6 Å². The van der Waals surface area contributed by atoms with Crippen LogP contribution >= 0.6 is 11.6 Å². The molecular formula is C14H16ClN3. The topological polar surface area (TPSA) is 21.1 Å². The van der Waals surface area contributed by atoms with Gasteiger partial charge in [-0.05, 0) is 30.2 Å². The van der Waals surface area contributed by atoms with Gasteiger partial charge >= 0.3 is 0 Å². The van der Waals surface area contributed by atoms with Crippen LogP contribution < -0.4 is 4.90 Å². The molecule has 0 saturated carbocycles. The number of halogens is 1. The Labute approximate surface area is 112 Å². The summed E-state index contributed by atoms with van der Waals surface area (Å²) in [5, 5.41) is 0. The van der Waals surface area contributed by atoms with Gasteiger partial charge in [0.2, 0.25) is 0 Å². The van der Waals surface area contributed by atoms with E-state index in [0.717, 1.165) is 25.5 Å². The molecule has 0 fully saturated rings. The zero-order valence-corrected chi connectivity index (χ0v) is 11.2. The fourth-order valence-corrected chi connectivity index (χ4v) is 2.72. The van der Waals surface area contributed by atoms with Gasteiger partial charge in [-0.3, -0.25) is 0 Å². The minimum absolute atomic E-state index is 0.580. The summed E-state index contributed by atoms with van der Waals surface area (Å²) < 4.78 is 2.22. The summed E-state index contributed by atoms with van der Waals surface area (Å²) in [6.45, 7) is 5.04. The molecule has 2 aromatic rings. The number of fused-ring (bicyclic) bond motifs is 1. The smallest absolute Gasteiger partial charge is 0.128 e. The lowest BCUT2D eigenvalue weighted by molar-refractivity contribution is 0.560. The van der Waals surface area contributed by atoms with E-state index in [0.29, 0.717) is 5.88 Å². The highest BCUT2D eigenvalue weighted by molar-refractivity contribution is 6.17. The lowest BCUT2D eigenvalue weighted by atomic mass is 10.1. The van der Waals surface area contributed by atoms with Crippen molar-refractivity contribution in [3.8, 4) is 0 Å². The van der Waals surface area contributed by atoms with Crippen LogP contribution in [0.25, 0.3) is 0 Å². The van der Waals surface area contributed by atoms with Gasteiger partial charge in [-0.25, -0.2) is 4.98 Å². The molecule has 0 aliphatic carbocycles. The van der Waals surface area contributed by atoms with Crippen LogP contribution in [0.3, 0.4) is 0 Å². The van der Waals surface area contributed by atoms with Crippen molar-refractivity contribution >= 4 is 17.3 Å². The van der Waals surface area contributed by atoms with E-state index in [1.807, 2.05) is 6.20 Å². The standard InChI is InChI=1S/C14H16ClN3/c1-11-8-13(3-2-12(11)9-15)18-7-6-17-5-4-16-14(17)10-18/h2-5,8H,6-7,9-10H2,1H3. The number of alkyl halides is 1. The van der Waals surface area contributed by atoms with Gasteiger partial charge in [-0.1, -0.05) is 6.07 Å². The molecule has 0 radical (unpaired) electrons. The highest BCUT2D eigenvalue weighted by atomic mass is 35.5. The highest BCUT2D eigenvalue weighted by Crippen LogP contribution is 2.23. The average Bonchev–Trinajstić information content (AvgIpc) is 2.85. The first kappa shape index (κ1) is 11.6. The van der Waals surface area contributed by atoms with Gasteiger partial charge in [0.15, 0.2) is 0 Å². The number of imidazole rings is 1. The first-order valence-electron chi connectivity index (χ1n) is 6.18. The molecule has 4 heteroatoms. The van der Waals surface area contributed by atoms with Crippen LogP contribution in [-0.4, -0.2) is 16.1 Å². The first-order valence-corrected chi connectivity index (χ1v) is 6.72. The Bertz CT molecular complexity index is 562. The van der Waals surface area contributed by atoms with E-state index in [2.05, 4.69) is 45.8 Å². The van der Waals surface area contributed by atoms with Gasteiger partial charge in [-0.15, -0.1) is 11.6 Å². The Hall–Kier alpha value is -1.48. The summed E-state index contributed by atoms with van der Waals surface area (Å²) in [6, 6.07) is 6.50. The zero-order chi connectivity index (χ0) is 12.5. The predicted octanol–water partition coefficient (Wildman–Crippen LogP) is 2.95. The summed E-state index contributed by atoms with van der Waals surface area (Å²) >= 11 is 5.90. The minimum Gasteiger partial charge on any atom is -0.362 e. The molecule has 0 amide bonds. The van der Waals surface area contributed by atoms with E-state index in [1.54, 1.807) is 0 Å². The van der Waals surface area contributed by atoms with Gasteiger partial charge in [0.1, 0.15) is 5.82 Å². The number of nitrogens with zero attached hydrogens (tertiary/aromatic N) is 3. The van der Waals surface area contributed by atoms with Crippen LogP contribution in [0.4, 0.5) is 5.69 Å². The molecule has 0 atom stereocenters. The second kappa shape index (κ2) is 4.65. The summed E-state index contributed by atoms with van der Waals surface area (Å²) in [5.74, 6) is 1.72. The van der Waals surface area contributed by atoms with Gasteiger partial charge in [0.25, 0.3) is 0 Å². The molecule has 3 nitrogen and oxygen atoms in total. The number of hydrogen-bond donors (Lipinski definition) is 0. The fraction of sp³-hybridized carbons (Fsp3) is 0.357. The second-order valence-electron chi connectivity index (χ2n) is 4.70. The zero-order valence-electron chi connectivity index (χ0n) is 10.4. The molecule has 1 aromatic carbocycles. The van der Waals surface area contributed by atoms with Crippen molar-refractivity contribution in [1.82, 2.24) is 9.55 Å². The van der Waals surface area contributed by atoms with Crippen molar-refractivity contribution in [2.24, 2.45) is 0 Å². The molecule has 1 aliphatic rings. The SMILES string of the molecule is Cc1cc(N2CCn3ccnc3C2)ccc1CCl. The summed E-state index contributed by atoms with van der Waals surface area (Å²) in [5.41, 5.74) is 3.73. The molecule has 0 N–H and O–H groups in total. The summed E-state index contributed by atoms with van der Waals surface area (Å²) in [7, 11) is 0. The highest BCUT2D eigenvalue weighted by Gasteiger charge is 2.17. The molecule has 0 saturated heterocycles. The van der Waals surface area contributed by atoms with Crippen LogP contribution in [0, 0.1) is 6.92 Å². The molecule has 0 unspecified atom stereocenters. The Morgan fingerprint density at radius 2 is 2.22 bits per heavy atom. The second-order valence-corrected chi connectivity index (χ2v) is 4.97. The van der Waals surface area contributed by atoms with Crippen molar-refractivity contribution in [3.05, 3.63) is 47.5 Å². The third kappa shape index (κ3) is 1.99. The largest absolute Gasteiger partial charge is 0.362 e. The Balaban J connectivity index is 1.86. The van der Waals surface area contributed by atoms with Gasteiger partial charge in [0.05, 0.1) is 6.54 Å². The van der Waals surface area contributed by atoms with Gasteiger partial charge < -0.3 is 9.47 Å². The Morgan fingerprint density at radius 3 is 3.00 bits per heavy atom. The van der Waals surface area contributed by atoms with Crippen molar-refractivity contribution in [2.45, 2.75) is 25.9 Å². The molecule has 1 aliphatic heterocycles. The Morgan fingerprint density at radius 1 is 1.33 bits per heavy atom. The van der Waals surface area contributed by atoms with Crippen LogP contribution in [0.15, 0.2) is 30.6 Å². The average molecular weight is 262 g/mol. The number of aryl methyl sites for hydroxylation is 1. The maximum Gasteiger partial charge on any atom is 0.128 e. The monoisotopic (exact) mass is 261 g/mol. The van der Waals surface area contributed by atoms with Crippen LogP contribution in [-0.2, 0) is 19.0 Å². The molecular weight excluding hydrogens is 246 g/mol. The predicted molar refractivity (Wildman–Crippen MR) is 74.0 cm³/mol. The number of benzene rings is 1. The van der Waals surface area contributed by atoms with Crippen LogP contribution in [0.2, 0.25) is 0 Å². The molecule has 1 aromatic heterocycles. The Kier molecular flexibility index (Phi) is 3.00. The van der Waals surface area contributed by atoms with E-state index in [-0.39, 0.29) is 0 Å². The number of hydrogen-bond acceptors (Lipinski definition) is 2. The molecule has 94 valence electrons. The lowest BCUT2D eigenvalue weighted by Crippen LogP contribution is -2.33. The van der Waals surface area contributed by atoms with E-state index in [9.17, 15) is 0 Å². The van der Waals surface area contributed by atoms with Crippen molar-refractivity contribution in [3.63, 3.8) is 0 Å². The fourth-order valence-electron chi connectivity index (χ4n) is 2.42. The summed E-state index contributed by atoms with van der Waals surface area (Å²) in [6.07, 6.45) is 3.93. The molecule has 0 spiro atoms. The van der Waals surface area contributed by atoms with Gasteiger partial charge in [0, 0.05) is 37.1 Å². The first-order chi connectivity index (χ1) is 8.78. The normalized spacial score (nSPS) is 14.7. The number of anilines is 1. The minimum atomic E-state index is 0.580. The number of aromatic nitrogens is 2. The van der Waals surface area contributed by atoms with Crippen LogP contribution in [0.5, 0.6) is 0 Å². The summed E-state index contributed by atoms with van der Waals surface area (Å²) in [4.78, 5) is 6.76. The quantitative estimate of drug-likeness (QED) is 0.775. The van der Waals surface area contributed by atoms with Crippen LogP contribution in [0.1, 0.15) is 17.0 Å². The molecule has 3 rings (SSSR count). The van der Waals surface area contributed by atoms with E-state index in [1.165, 1.54) is 16.8 Å². The van der Waals surface area contributed by atoms with Gasteiger partial charge in [-0.2, -0.15) is 0 Å². The molecule has 2 heterocycles. The van der Waals surface area contributed by atoms with E-state index >= 15 is 0 Å². The third-order valence-corrected chi connectivity index (χ3v) is 3.87. The molecule has 18 heavy (non-hydrogen) atoms. The number of rotatable bonds is 2. The van der Waals surface area contributed by atoms with Crippen molar-refractivity contribution in [1.29, 1.82) is 0 Å². The maximum absolute atomic E-state index is 5.90.